The number of oxazole rings is 1. The molecule has 1 aliphatic rings. The number of benzene rings is 1. The molecule has 17 heavy (non-hydrogen) atoms. The number of hydrogen-bond donors (Lipinski definition) is 1. The fraction of sp³-hybridized carbons (Fsp3) is 0.500. The van der Waals surface area contributed by atoms with Crippen LogP contribution in [-0.2, 0) is 0 Å². The van der Waals surface area contributed by atoms with Crippen molar-refractivity contribution in [1.29, 1.82) is 0 Å². The molecule has 1 atom stereocenters. The molecule has 0 bridgehead atoms. The highest BCUT2D eigenvalue weighted by atomic mass is 16.3. The smallest absolute Gasteiger partial charge is 0.198 e. The van der Waals surface area contributed by atoms with Crippen LogP contribution in [0.5, 0.6) is 0 Å². The summed E-state index contributed by atoms with van der Waals surface area (Å²) in [5, 5.41) is 3.40. The van der Waals surface area contributed by atoms with Crippen molar-refractivity contribution in [3.8, 4) is 0 Å². The molecule has 1 aliphatic heterocycles. The highest BCUT2D eigenvalue weighted by molar-refractivity contribution is 5.73. The summed E-state index contributed by atoms with van der Waals surface area (Å²) in [6, 6.07) is 6.43. The standard InChI is InChI=1S/C14H18N2O/c1-9(2)14-16-12-4-3-10(7-13(12)17-14)11-5-6-15-8-11/h3-4,7,9,11,15H,5-6,8H2,1-2H3. The van der Waals surface area contributed by atoms with E-state index in [0.717, 1.165) is 30.1 Å². The summed E-state index contributed by atoms with van der Waals surface area (Å²) in [6.07, 6.45) is 1.22. The van der Waals surface area contributed by atoms with Gasteiger partial charge in [-0.3, -0.25) is 0 Å². The summed E-state index contributed by atoms with van der Waals surface area (Å²) in [4.78, 5) is 4.50. The van der Waals surface area contributed by atoms with Gasteiger partial charge in [0.2, 0.25) is 0 Å². The summed E-state index contributed by atoms with van der Waals surface area (Å²) in [5.41, 5.74) is 3.27. The molecule has 1 fully saturated rings. The molecular formula is C14H18N2O. The first-order chi connectivity index (χ1) is 8.24. The molecule has 1 aromatic heterocycles. The van der Waals surface area contributed by atoms with Crippen molar-refractivity contribution in [3.05, 3.63) is 29.7 Å². The van der Waals surface area contributed by atoms with Crippen LogP contribution in [0.4, 0.5) is 0 Å². The van der Waals surface area contributed by atoms with Gasteiger partial charge in [0.25, 0.3) is 0 Å². The maximum absolute atomic E-state index is 5.80. The summed E-state index contributed by atoms with van der Waals surface area (Å²) < 4.78 is 5.80. The molecule has 0 radical (unpaired) electrons. The van der Waals surface area contributed by atoms with Crippen molar-refractivity contribution in [3.63, 3.8) is 0 Å². The van der Waals surface area contributed by atoms with Gasteiger partial charge in [0.1, 0.15) is 5.52 Å². The van der Waals surface area contributed by atoms with Gasteiger partial charge in [-0.05, 0) is 36.6 Å². The monoisotopic (exact) mass is 230 g/mol. The Kier molecular flexibility index (Phi) is 2.63. The van der Waals surface area contributed by atoms with Gasteiger partial charge in [-0.2, -0.15) is 0 Å². The summed E-state index contributed by atoms with van der Waals surface area (Å²) in [5.74, 6) is 1.81. The molecule has 3 rings (SSSR count). The van der Waals surface area contributed by atoms with E-state index < -0.39 is 0 Å². The van der Waals surface area contributed by atoms with Crippen molar-refractivity contribution in [2.75, 3.05) is 13.1 Å². The Morgan fingerprint density at radius 1 is 1.41 bits per heavy atom. The minimum Gasteiger partial charge on any atom is -0.440 e. The minimum absolute atomic E-state index is 0.346. The first-order valence-electron chi connectivity index (χ1n) is 6.35. The largest absolute Gasteiger partial charge is 0.440 e. The molecule has 2 heterocycles. The second kappa shape index (κ2) is 4.15. The Labute approximate surface area is 101 Å². The van der Waals surface area contributed by atoms with Crippen LogP contribution in [0.1, 0.15) is 43.6 Å². The maximum atomic E-state index is 5.80. The fourth-order valence-electron chi connectivity index (χ4n) is 2.40. The predicted octanol–water partition coefficient (Wildman–Crippen LogP) is 3.03. The van der Waals surface area contributed by atoms with Gasteiger partial charge in [0.15, 0.2) is 11.5 Å². The SMILES string of the molecule is CC(C)c1nc2ccc(C3CCNC3)cc2o1. The summed E-state index contributed by atoms with van der Waals surface area (Å²) >= 11 is 0. The number of nitrogens with zero attached hydrogens (tertiary/aromatic N) is 1. The Balaban J connectivity index is 2.00. The van der Waals surface area contributed by atoms with E-state index >= 15 is 0 Å². The van der Waals surface area contributed by atoms with E-state index in [0.29, 0.717) is 11.8 Å². The lowest BCUT2D eigenvalue weighted by atomic mass is 9.98. The van der Waals surface area contributed by atoms with Crippen molar-refractivity contribution in [1.82, 2.24) is 10.3 Å². The number of aromatic nitrogens is 1. The van der Waals surface area contributed by atoms with Crippen LogP contribution in [-0.4, -0.2) is 18.1 Å². The van der Waals surface area contributed by atoms with Crippen molar-refractivity contribution >= 4 is 11.1 Å². The molecule has 0 aliphatic carbocycles. The summed E-state index contributed by atoms with van der Waals surface area (Å²) in [7, 11) is 0. The predicted molar refractivity (Wildman–Crippen MR) is 68.3 cm³/mol. The highest BCUT2D eigenvalue weighted by Crippen LogP contribution is 2.27. The molecule has 3 nitrogen and oxygen atoms in total. The summed E-state index contributed by atoms with van der Waals surface area (Å²) in [6.45, 7) is 6.41. The van der Waals surface area contributed by atoms with Crippen LogP contribution in [0.15, 0.2) is 22.6 Å². The number of hydrogen-bond acceptors (Lipinski definition) is 3. The highest BCUT2D eigenvalue weighted by Gasteiger charge is 2.18. The molecule has 3 heteroatoms. The Morgan fingerprint density at radius 3 is 3.00 bits per heavy atom. The lowest BCUT2D eigenvalue weighted by Crippen LogP contribution is -2.07. The molecule has 2 aromatic rings. The lowest BCUT2D eigenvalue weighted by Gasteiger charge is -2.07. The average Bonchev–Trinajstić information content (AvgIpc) is 2.97. The molecule has 1 unspecified atom stereocenters. The third-order valence-corrected chi connectivity index (χ3v) is 3.45. The fourth-order valence-corrected chi connectivity index (χ4v) is 2.40. The first kappa shape index (κ1) is 10.8. The number of nitrogens with one attached hydrogen (secondary N) is 1. The van der Waals surface area contributed by atoms with E-state index in [-0.39, 0.29) is 0 Å². The first-order valence-corrected chi connectivity index (χ1v) is 6.35. The molecule has 1 N–H and O–H groups in total. The topological polar surface area (TPSA) is 38.1 Å². The van der Waals surface area contributed by atoms with Crippen LogP contribution < -0.4 is 5.32 Å². The normalized spacial score (nSPS) is 20.5. The maximum Gasteiger partial charge on any atom is 0.198 e. The Hall–Kier alpha value is -1.35. The van der Waals surface area contributed by atoms with Crippen LogP contribution in [0.3, 0.4) is 0 Å². The van der Waals surface area contributed by atoms with E-state index in [1.54, 1.807) is 0 Å². The zero-order chi connectivity index (χ0) is 11.8. The third-order valence-electron chi connectivity index (χ3n) is 3.45. The second-order valence-electron chi connectivity index (χ2n) is 5.12. The van der Waals surface area contributed by atoms with Crippen molar-refractivity contribution < 1.29 is 4.42 Å². The van der Waals surface area contributed by atoms with E-state index in [1.807, 2.05) is 0 Å². The Morgan fingerprint density at radius 2 is 2.29 bits per heavy atom. The Bertz CT molecular complexity index is 524. The van der Waals surface area contributed by atoms with E-state index in [4.69, 9.17) is 4.42 Å². The minimum atomic E-state index is 0.346. The number of fused-ring (bicyclic) bond motifs is 1. The molecule has 0 saturated carbocycles. The molecule has 1 saturated heterocycles. The van der Waals surface area contributed by atoms with E-state index in [2.05, 4.69) is 42.3 Å². The van der Waals surface area contributed by atoms with E-state index in [1.165, 1.54) is 12.0 Å². The van der Waals surface area contributed by atoms with Gasteiger partial charge in [-0.25, -0.2) is 4.98 Å². The van der Waals surface area contributed by atoms with Gasteiger partial charge in [-0.15, -0.1) is 0 Å². The van der Waals surface area contributed by atoms with Crippen molar-refractivity contribution in [2.45, 2.75) is 32.1 Å². The molecule has 1 aromatic carbocycles. The molecular weight excluding hydrogens is 212 g/mol. The van der Waals surface area contributed by atoms with E-state index in [9.17, 15) is 0 Å². The van der Waals surface area contributed by atoms with Gasteiger partial charge >= 0.3 is 0 Å². The van der Waals surface area contributed by atoms with Gasteiger partial charge in [0.05, 0.1) is 0 Å². The lowest BCUT2D eigenvalue weighted by molar-refractivity contribution is 0.501. The average molecular weight is 230 g/mol. The van der Waals surface area contributed by atoms with Crippen LogP contribution >= 0.6 is 0 Å². The molecule has 0 spiro atoms. The second-order valence-corrected chi connectivity index (χ2v) is 5.12. The quantitative estimate of drug-likeness (QED) is 0.861. The van der Waals surface area contributed by atoms with Gasteiger partial charge in [0, 0.05) is 12.5 Å². The van der Waals surface area contributed by atoms with Gasteiger partial charge < -0.3 is 9.73 Å². The van der Waals surface area contributed by atoms with Crippen LogP contribution in [0.25, 0.3) is 11.1 Å². The molecule has 0 amide bonds. The van der Waals surface area contributed by atoms with Crippen LogP contribution in [0.2, 0.25) is 0 Å². The zero-order valence-corrected chi connectivity index (χ0v) is 10.4. The van der Waals surface area contributed by atoms with Crippen molar-refractivity contribution in [2.24, 2.45) is 0 Å². The third kappa shape index (κ3) is 1.95. The zero-order valence-electron chi connectivity index (χ0n) is 10.4. The van der Waals surface area contributed by atoms with Crippen LogP contribution in [0, 0.1) is 0 Å². The van der Waals surface area contributed by atoms with Gasteiger partial charge in [-0.1, -0.05) is 19.9 Å². The molecule has 90 valence electrons. The number of rotatable bonds is 2.